The van der Waals surface area contributed by atoms with Crippen molar-refractivity contribution in [3.8, 4) is 22.7 Å². The van der Waals surface area contributed by atoms with E-state index in [9.17, 15) is 4.79 Å². The second-order valence-electron chi connectivity index (χ2n) is 6.27. The number of nitrogens with zero attached hydrogens (tertiary/aromatic N) is 2. The third kappa shape index (κ3) is 4.49. The number of rotatable bonds is 7. The third-order valence-electron chi connectivity index (χ3n) is 4.27. The second-order valence-corrected chi connectivity index (χ2v) is 7.08. The molecule has 0 aliphatic carbocycles. The number of nitrogens with one attached hydrogen (secondary N) is 1. The van der Waals surface area contributed by atoms with Crippen LogP contribution in [0.25, 0.3) is 16.9 Å². The van der Waals surface area contributed by atoms with Crippen molar-refractivity contribution < 1.29 is 9.53 Å². The zero-order chi connectivity index (χ0) is 20.1. The Hall–Kier alpha value is -2.50. The van der Waals surface area contributed by atoms with Gasteiger partial charge in [0.1, 0.15) is 11.4 Å². The van der Waals surface area contributed by atoms with Crippen molar-refractivity contribution in [1.82, 2.24) is 15.1 Å². The Morgan fingerprint density at radius 3 is 2.68 bits per heavy atom. The van der Waals surface area contributed by atoms with Gasteiger partial charge in [0.25, 0.3) is 5.91 Å². The highest BCUT2D eigenvalue weighted by Gasteiger charge is 2.18. The highest BCUT2D eigenvalue weighted by molar-refractivity contribution is 6.42. The van der Waals surface area contributed by atoms with Gasteiger partial charge in [0.2, 0.25) is 0 Å². The zero-order valence-corrected chi connectivity index (χ0v) is 17.2. The summed E-state index contributed by atoms with van der Waals surface area (Å²) in [6.45, 7) is 2.68. The molecular formula is C21H21Cl2N3O2. The molecule has 1 heterocycles. The van der Waals surface area contributed by atoms with E-state index in [0.29, 0.717) is 33.7 Å². The minimum Gasteiger partial charge on any atom is -0.497 e. The molecule has 2 aromatic carbocycles. The fourth-order valence-corrected chi connectivity index (χ4v) is 3.04. The molecule has 0 fully saturated rings. The van der Waals surface area contributed by atoms with Crippen LogP contribution in [0.2, 0.25) is 10.0 Å². The maximum absolute atomic E-state index is 12.8. The maximum atomic E-state index is 12.8. The predicted octanol–water partition coefficient (Wildman–Crippen LogP) is 5.38. The third-order valence-corrected chi connectivity index (χ3v) is 5.01. The Morgan fingerprint density at radius 1 is 1.14 bits per heavy atom. The van der Waals surface area contributed by atoms with Gasteiger partial charge in [-0.2, -0.15) is 5.10 Å². The van der Waals surface area contributed by atoms with Crippen molar-refractivity contribution >= 4 is 29.1 Å². The quantitative estimate of drug-likeness (QED) is 0.524. The largest absolute Gasteiger partial charge is 0.497 e. The Bertz CT molecular complexity index is 986. The molecule has 0 spiro atoms. The second kappa shape index (κ2) is 9.13. The van der Waals surface area contributed by atoms with Crippen molar-refractivity contribution in [3.05, 3.63) is 64.3 Å². The van der Waals surface area contributed by atoms with Crippen molar-refractivity contribution in [1.29, 1.82) is 0 Å². The van der Waals surface area contributed by atoms with Crippen LogP contribution in [0.15, 0.2) is 48.5 Å². The van der Waals surface area contributed by atoms with Crippen LogP contribution in [-0.4, -0.2) is 29.3 Å². The summed E-state index contributed by atoms with van der Waals surface area (Å²) in [5, 5.41) is 8.43. The lowest BCUT2D eigenvalue weighted by Crippen LogP contribution is -2.26. The van der Waals surface area contributed by atoms with Gasteiger partial charge in [0, 0.05) is 12.1 Å². The van der Waals surface area contributed by atoms with Gasteiger partial charge in [0.05, 0.1) is 28.5 Å². The minimum absolute atomic E-state index is 0.193. The molecule has 0 unspecified atom stereocenters. The van der Waals surface area contributed by atoms with Crippen LogP contribution in [-0.2, 0) is 0 Å². The fourth-order valence-electron chi connectivity index (χ4n) is 2.75. The van der Waals surface area contributed by atoms with Gasteiger partial charge in [-0.15, -0.1) is 0 Å². The van der Waals surface area contributed by atoms with E-state index >= 15 is 0 Å². The Balaban J connectivity index is 2.05. The fraction of sp³-hybridized carbons (Fsp3) is 0.238. The topological polar surface area (TPSA) is 56.1 Å². The van der Waals surface area contributed by atoms with Crippen molar-refractivity contribution in [2.75, 3.05) is 13.7 Å². The molecular weight excluding hydrogens is 397 g/mol. The number of hydrogen-bond donors (Lipinski definition) is 1. The first-order chi connectivity index (χ1) is 13.5. The van der Waals surface area contributed by atoms with Crippen LogP contribution in [0, 0.1) is 0 Å². The van der Waals surface area contributed by atoms with Crippen molar-refractivity contribution in [2.24, 2.45) is 0 Å². The molecule has 146 valence electrons. The average molecular weight is 418 g/mol. The van der Waals surface area contributed by atoms with Gasteiger partial charge < -0.3 is 10.1 Å². The number of carbonyl (C=O) groups is 1. The van der Waals surface area contributed by atoms with Crippen LogP contribution in [0.3, 0.4) is 0 Å². The number of benzene rings is 2. The first-order valence-electron chi connectivity index (χ1n) is 9.01. The zero-order valence-electron chi connectivity index (χ0n) is 15.7. The molecule has 0 bridgehead atoms. The Morgan fingerprint density at radius 2 is 1.96 bits per heavy atom. The molecule has 0 saturated carbocycles. The van der Waals surface area contributed by atoms with E-state index in [1.54, 1.807) is 36.1 Å². The minimum atomic E-state index is -0.193. The van der Waals surface area contributed by atoms with Gasteiger partial charge in [0.15, 0.2) is 0 Å². The summed E-state index contributed by atoms with van der Waals surface area (Å²) in [5.41, 5.74) is 2.59. The summed E-state index contributed by atoms with van der Waals surface area (Å²) in [7, 11) is 1.61. The van der Waals surface area contributed by atoms with Gasteiger partial charge in [-0.1, -0.05) is 48.7 Å². The highest BCUT2D eigenvalue weighted by Crippen LogP contribution is 2.28. The summed E-state index contributed by atoms with van der Waals surface area (Å²) in [6, 6.07) is 14.5. The number of carbonyl (C=O) groups excluding carboxylic acids is 1. The standard InChI is InChI=1S/C21H21Cl2N3O2/c1-3-4-10-24-21(27)20-13-19(14-6-5-7-16(11-14)28-2)25-26(20)15-8-9-17(22)18(23)12-15/h5-9,11-13H,3-4,10H2,1-2H3,(H,24,27). The molecule has 0 radical (unpaired) electrons. The van der Waals surface area contributed by atoms with E-state index in [1.807, 2.05) is 24.3 Å². The molecule has 1 aromatic heterocycles. The molecule has 0 atom stereocenters. The number of unbranched alkanes of at least 4 members (excludes halogenated alkanes) is 1. The maximum Gasteiger partial charge on any atom is 0.270 e. The molecule has 0 aliphatic rings. The SMILES string of the molecule is CCCCNC(=O)c1cc(-c2cccc(OC)c2)nn1-c1ccc(Cl)c(Cl)c1. The molecule has 7 heteroatoms. The molecule has 28 heavy (non-hydrogen) atoms. The summed E-state index contributed by atoms with van der Waals surface area (Å²) in [4.78, 5) is 12.8. The molecule has 3 rings (SSSR count). The monoisotopic (exact) mass is 417 g/mol. The Kier molecular flexibility index (Phi) is 6.60. The molecule has 1 amide bonds. The molecule has 5 nitrogen and oxygen atoms in total. The van der Waals surface area contributed by atoms with Crippen LogP contribution in [0.4, 0.5) is 0 Å². The van der Waals surface area contributed by atoms with E-state index in [1.165, 1.54) is 0 Å². The lowest BCUT2D eigenvalue weighted by molar-refractivity contribution is 0.0945. The first-order valence-corrected chi connectivity index (χ1v) is 9.77. The van der Waals surface area contributed by atoms with Crippen LogP contribution >= 0.6 is 23.2 Å². The number of halogens is 2. The van der Waals surface area contributed by atoms with Gasteiger partial charge >= 0.3 is 0 Å². The lowest BCUT2D eigenvalue weighted by Gasteiger charge is -2.09. The Labute approximate surface area is 174 Å². The number of hydrogen-bond acceptors (Lipinski definition) is 3. The summed E-state index contributed by atoms with van der Waals surface area (Å²) >= 11 is 12.2. The molecule has 0 saturated heterocycles. The molecule has 3 aromatic rings. The summed E-state index contributed by atoms with van der Waals surface area (Å²) in [6.07, 6.45) is 1.91. The van der Waals surface area contributed by atoms with Gasteiger partial charge in [-0.3, -0.25) is 4.79 Å². The summed E-state index contributed by atoms with van der Waals surface area (Å²) < 4.78 is 6.88. The number of methoxy groups -OCH3 is 1. The van der Waals surface area contributed by atoms with E-state index in [-0.39, 0.29) is 5.91 Å². The van der Waals surface area contributed by atoms with Crippen LogP contribution in [0.1, 0.15) is 30.3 Å². The highest BCUT2D eigenvalue weighted by atomic mass is 35.5. The first kappa shape index (κ1) is 20.2. The smallest absolute Gasteiger partial charge is 0.270 e. The average Bonchev–Trinajstić information content (AvgIpc) is 3.16. The normalized spacial score (nSPS) is 10.7. The number of ether oxygens (including phenoxy) is 1. The van der Waals surface area contributed by atoms with Crippen molar-refractivity contribution in [3.63, 3.8) is 0 Å². The van der Waals surface area contributed by atoms with Crippen LogP contribution < -0.4 is 10.1 Å². The number of amides is 1. The van der Waals surface area contributed by atoms with Crippen LogP contribution in [0.5, 0.6) is 5.75 Å². The van der Waals surface area contributed by atoms with E-state index in [4.69, 9.17) is 27.9 Å². The molecule has 0 aliphatic heterocycles. The number of aromatic nitrogens is 2. The summed E-state index contributed by atoms with van der Waals surface area (Å²) in [5.74, 6) is 0.525. The van der Waals surface area contributed by atoms with Gasteiger partial charge in [-0.25, -0.2) is 4.68 Å². The lowest BCUT2D eigenvalue weighted by atomic mass is 10.1. The van der Waals surface area contributed by atoms with E-state index in [2.05, 4.69) is 17.3 Å². The molecule has 1 N–H and O–H groups in total. The predicted molar refractivity (Wildman–Crippen MR) is 113 cm³/mol. The van der Waals surface area contributed by atoms with Gasteiger partial charge in [-0.05, 0) is 42.8 Å². The van der Waals surface area contributed by atoms with E-state index in [0.717, 1.165) is 24.2 Å². The van der Waals surface area contributed by atoms with Crippen molar-refractivity contribution in [2.45, 2.75) is 19.8 Å². The van der Waals surface area contributed by atoms with E-state index < -0.39 is 0 Å².